The molecule has 5 N–H and O–H groups in total. The summed E-state index contributed by atoms with van der Waals surface area (Å²) in [5.74, 6) is 0.371. The average molecular weight is 886 g/mol. The van der Waals surface area contributed by atoms with Crippen LogP contribution >= 0.6 is 11.6 Å². The predicted molar refractivity (Wildman–Crippen MR) is 237 cm³/mol. The molecule has 15 nitrogen and oxygen atoms in total. The van der Waals surface area contributed by atoms with Crippen LogP contribution in [0.1, 0.15) is 113 Å². The fourth-order valence-electron chi connectivity index (χ4n) is 9.74. The number of carbonyl (C=O) groups is 3. The molecule has 1 unspecified atom stereocenters. The Balaban J connectivity index is 1.07. The number of aromatic nitrogens is 4. The molecule has 3 aliphatic rings. The number of aliphatic hydroxyl groups excluding tert-OH is 1. The highest BCUT2D eigenvalue weighted by atomic mass is 35.5. The molecule has 0 radical (unpaired) electrons. The highest BCUT2D eigenvalue weighted by molar-refractivity contribution is 6.30. The van der Waals surface area contributed by atoms with Crippen LogP contribution in [0.4, 0.5) is 14.9 Å². The second-order valence-corrected chi connectivity index (χ2v) is 18.0. The van der Waals surface area contributed by atoms with Crippen molar-refractivity contribution in [3.05, 3.63) is 88.2 Å². The van der Waals surface area contributed by atoms with Gasteiger partial charge in [0.1, 0.15) is 23.5 Å². The fourth-order valence-corrected chi connectivity index (χ4v) is 9.86. The van der Waals surface area contributed by atoms with Gasteiger partial charge in [-0.1, -0.05) is 51.4 Å². The maximum absolute atomic E-state index is 15.2. The summed E-state index contributed by atoms with van der Waals surface area (Å²) in [4.78, 5) is 62.8. The van der Waals surface area contributed by atoms with E-state index in [1.807, 2.05) is 50.8 Å². The maximum Gasteiger partial charge on any atom is 0.407 e. The van der Waals surface area contributed by atoms with Gasteiger partial charge in [0.25, 0.3) is 0 Å². The Kier molecular flexibility index (Phi) is 13.0. The molecule has 3 fully saturated rings. The van der Waals surface area contributed by atoms with Crippen molar-refractivity contribution in [1.82, 2.24) is 40.4 Å². The number of aromatic amines is 2. The molecule has 0 bridgehead atoms. The Labute approximate surface area is 371 Å². The lowest BCUT2D eigenvalue weighted by Gasteiger charge is -2.33. The molecule has 3 amide bonds. The van der Waals surface area contributed by atoms with Crippen LogP contribution in [0.15, 0.2) is 54.6 Å². The number of likely N-dealkylation sites (tertiary alicyclic amines) is 2. The first kappa shape index (κ1) is 44.3. The first-order valence-corrected chi connectivity index (χ1v) is 22.3. The van der Waals surface area contributed by atoms with Crippen LogP contribution in [0.25, 0.3) is 22.1 Å². The number of carbonyl (C=O) groups excluding carboxylic acids is 3. The predicted octanol–water partition coefficient (Wildman–Crippen LogP) is 7.56. The summed E-state index contributed by atoms with van der Waals surface area (Å²) in [5, 5.41) is 15.8. The molecule has 0 saturated carbocycles. The highest BCUT2D eigenvalue weighted by Crippen LogP contribution is 2.48. The van der Waals surface area contributed by atoms with Crippen molar-refractivity contribution in [2.45, 2.75) is 109 Å². The number of amides is 3. The number of anilines is 1. The van der Waals surface area contributed by atoms with Gasteiger partial charge < -0.3 is 44.6 Å². The van der Waals surface area contributed by atoms with Crippen molar-refractivity contribution in [3.8, 4) is 0 Å². The Bertz CT molecular complexity index is 2480. The summed E-state index contributed by atoms with van der Waals surface area (Å²) in [6.07, 6.45) is 2.76. The summed E-state index contributed by atoms with van der Waals surface area (Å²) < 4.78 is 25.0. The summed E-state index contributed by atoms with van der Waals surface area (Å²) in [6.45, 7) is 8.77. The zero-order valence-corrected chi connectivity index (χ0v) is 37.3. The lowest BCUT2D eigenvalue weighted by atomic mass is 10.0. The van der Waals surface area contributed by atoms with Crippen molar-refractivity contribution in [1.29, 1.82) is 0 Å². The van der Waals surface area contributed by atoms with Gasteiger partial charge in [-0.2, -0.15) is 0 Å². The SMILES string of the molecule is COC(=O)N[C@H](C(=O)N1CCC[C@H]1c1nc2cc([C@H]3CC[C@H](c4ccc5[nH]c([C@@H]6CCCN6C(=O)[C@@H](NC(O)OC)C(C)C)nc5c4)N3c3ccc(Cl)c(F)c3)ccc2[nH]1)C(C)C. The number of hydrogen-bond acceptors (Lipinski definition) is 10. The van der Waals surface area contributed by atoms with Crippen LogP contribution < -0.4 is 15.5 Å². The maximum atomic E-state index is 15.2. The van der Waals surface area contributed by atoms with Crippen molar-refractivity contribution in [3.63, 3.8) is 0 Å². The number of aliphatic hydroxyl groups is 1. The molecule has 7 atom stereocenters. The number of hydrogen-bond donors (Lipinski definition) is 5. The first-order valence-electron chi connectivity index (χ1n) is 21.9. The van der Waals surface area contributed by atoms with Crippen LogP contribution in [0.5, 0.6) is 0 Å². The zero-order valence-electron chi connectivity index (χ0n) is 36.5. The monoisotopic (exact) mass is 885 g/mol. The second kappa shape index (κ2) is 18.4. The molecule has 336 valence electrons. The van der Waals surface area contributed by atoms with Crippen LogP contribution in [-0.2, 0) is 19.1 Å². The lowest BCUT2D eigenvalue weighted by molar-refractivity contribution is -0.145. The molecule has 3 saturated heterocycles. The van der Waals surface area contributed by atoms with E-state index in [0.29, 0.717) is 30.4 Å². The third-order valence-corrected chi connectivity index (χ3v) is 13.3. The van der Waals surface area contributed by atoms with Gasteiger partial charge in [0.05, 0.1) is 64.4 Å². The normalized spacial score (nSPS) is 21.9. The molecule has 5 aromatic rings. The highest BCUT2D eigenvalue weighted by Gasteiger charge is 2.40. The quantitative estimate of drug-likeness (QED) is 0.0741. The number of H-pyrrole nitrogens is 2. The lowest BCUT2D eigenvalue weighted by Crippen LogP contribution is -2.52. The topological polar surface area (TPSA) is 181 Å². The van der Waals surface area contributed by atoms with Gasteiger partial charge in [0, 0.05) is 25.9 Å². The van der Waals surface area contributed by atoms with Crippen molar-refractivity contribution in [2.75, 3.05) is 32.2 Å². The first-order chi connectivity index (χ1) is 30.3. The number of rotatable bonds is 13. The third-order valence-electron chi connectivity index (χ3n) is 13.0. The number of alkyl carbamates (subject to hydrolysis) is 1. The largest absolute Gasteiger partial charge is 0.453 e. The summed E-state index contributed by atoms with van der Waals surface area (Å²) >= 11 is 6.21. The Morgan fingerprint density at radius 2 is 1.29 bits per heavy atom. The molecular formula is C46H57ClFN9O6. The van der Waals surface area contributed by atoms with E-state index in [1.54, 1.807) is 11.0 Å². The number of methoxy groups -OCH3 is 2. The van der Waals surface area contributed by atoms with E-state index in [0.717, 1.165) is 71.7 Å². The fraction of sp³-hybridized carbons (Fsp3) is 0.500. The Hall–Kier alpha value is -5.29. The van der Waals surface area contributed by atoms with Gasteiger partial charge in [-0.3, -0.25) is 14.9 Å². The molecule has 17 heteroatoms. The molecule has 3 aliphatic heterocycles. The number of halogens is 2. The number of ether oxygens (including phenoxy) is 2. The summed E-state index contributed by atoms with van der Waals surface area (Å²) in [7, 11) is 2.66. The van der Waals surface area contributed by atoms with Crippen LogP contribution in [-0.4, -0.2) is 98.6 Å². The van der Waals surface area contributed by atoms with E-state index in [9.17, 15) is 19.5 Å². The number of benzene rings is 3. The Morgan fingerprint density at radius 3 is 1.76 bits per heavy atom. The molecular weight excluding hydrogens is 829 g/mol. The standard InChI is InChI=1S/C46H57ClFN9O6/c1-24(2)39(53-45(60)62-5)43(58)55-19-7-9-37(55)41-49-31-15-11-26(21-33(31)51-41)35-17-18-36(57(35)28-13-14-29(47)30(48)23-28)27-12-16-32-34(22-27)52-42(50-32)38-10-8-20-56(38)44(59)40(25(3)4)54-46(61)63-6/h11-16,21-25,35-40,45,53,60H,7-10,17-20H2,1-6H3,(H,49,51)(H,50,52)(H,54,61)/t35-,36-,37+,38+,39+,40+,45?/m1/s1. The van der Waals surface area contributed by atoms with Crippen molar-refractivity contribution >= 4 is 57.3 Å². The molecule has 63 heavy (non-hydrogen) atoms. The van der Waals surface area contributed by atoms with Gasteiger partial charge in [-0.05, 0) is 104 Å². The van der Waals surface area contributed by atoms with Gasteiger partial charge in [-0.15, -0.1) is 0 Å². The molecule has 2 aromatic heterocycles. The summed E-state index contributed by atoms with van der Waals surface area (Å²) in [5.41, 5.74) is 5.95. The minimum Gasteiger partial charge on any atom is -0.453 e. The van der Waals surface area contributed by atoms with E-state index in [2.05, 4.69) is 49.8 Å². The summed E-state index contributed by atoms with van der Waals surface area (Å²) in [6, 6.07) is 15.1. The van der Waals surface area contributed by atoms with E-state index < -0.39 is 30.4 Å². The molecule has 8 rings (SSSR count). The third kappa shape index (κ3) is 8.82. The number of nitrogens with one attached hydrogen (secondary N) is 4. The van der Waals surface area contributed by atoms with Gasteiger partial charge >= 0.3 is 6.09 Å². The van der Waals surface area contributed by atoms with Crippen LogP contribution in [0.2, 0.25) is 5.02 Å². The molecule has 0 spiro atoms. The number of fused-ring (bicyclic) bond motifs is 2. The van der Waals surface area contributed by atoms with Crippen molar-refractivity contribution in [2.24, 2.45) is 11.8 Å². The second-order valence-electron chi connectivity index (χ2n) is 17.6. The van der Waals surface area contributed by atoms with Gasteiger partial charge in [0.2, 0.25) is 18.2 Å². The molecule has 0 aliphatic carbocycles. The molecule has 3 aromatic carbocycles. The van der Waals surface area contributed by atoms with E-state index in [4.69, 9.17) is 31.0 Å². The smallest absolute Gasteiger partial charge is 0.407 e. The Morgan fingerprint density at radius 1 is 0.762 bits per heavy atom. The van der Waals surface area contributed by atoms with E-state index >= 15 is 4.39 Å². The average Bonchev–Trinajstić information content (AvgIpc) is 4.12. The minimum absolute atomic E-state index is 0.0482. The van der Waals surface area contributed by atoms with Crippen LogP contribution in [0.3, 0.4) is 0 Å². The van der Waals surface area contributed by atoms with Crippen molar-refractivity contribution < 1.29 is 33.4 Å². The number of imidazole rings is 2. The number of nitrogens with zero attached hydrogens (tertiary/aromatic N) is 5. The molecule has 5 heterocycles. The van der Waals surface area contributed by atoms with Crippen LogP contribution in [0, 0.1) is 17.7 Å². The van der Waals surface area contributed by atoms with E-state index in [1.165, 1.54) is 20.3 Å². The minimum atomic E-state index is -1.26. The van der Waals surface area contributed by atoms with Gasteiger partial charge in [0.15, 0.2) is 0 Å². The van der Waals surface area contributed by atoms with Gasteiger partial charge in [-0.25, -0.2) is 19.2 Å². The van der Waals surface area contributed by atoms with E-state index in [-0.39, 0.29) is 52.8 Å². The zero-order chi connectivity index (χ0) is 44.7.